The molecule has 0 radical (unpaired) electrons. The average Bonchev–Trinajstić information content (AvgIpc) is 2.85. The number of hydrogen-bond donors (Lipinski definition) is 0. The van der Waals surface area contributed by atoms with Crippen LogP contribution in [0.3, 0.4) is 0 Å². The third kappa shape index (κ3) is 4.94. The summed E-state index contributed by atoms with van der Waals surface area (Å²) >= 11 is 0. The van der Waals surface area contributed by atoms with E-state index in [1.807, 2.05) is 26.8 Å². The van der Waals surface area contributed by atoms with Crippen molar-refractivity contribution in [2.24, 2.45) is 5.92 Å². The highest BCUT2D eigenvalue weighted by Crippen LogP contribution is 2.34. The van der Waals surface area contributed by atoms with Gasteiger partial charge in [0.2, 0.25) is 5.95 Å². The van der Waals surface area contributed by atoms with E-state index in [4.69, 9.17) is 0 Å². The van der Waals surface area contributed by atoms with E-state index < -0.39 is 17.8 Å². The maximum absolute atomic E-state index is 14.7. The van der Waals surface area contributed by atoms with Crippen LogP contribution in [0.2, 0.25) is 0 Å². The van der Waals surface area contributed by atoms with Gasteiger partial charge in [0.15, 0.2) is 5.69 Å². The van der Waals surface area contributed by atoms with E-state index in [0.29, 0.717) is 6.42 Å². The number of hydrogen-bond acceptors (Lipinski definition) is 1. The highest BCUT2D eigenvalue weighted by Gasteiger charge is 2.39. The zero-order valence-electron chi connectivity index (χ0n) is 14.6. The van der Waals surface area contributed by atoms with Gasteiger partial charge in [-0.3, -0.25) is 0 Å². The van der Waals surface area contributed by atoms with Gasteiger partial charge in [-0.15, -0.1) is 0 Å². The topological polar surface area (TPSA) is 17.8 Å². The van der Waals surface area contributed by atoms with Crippen molar-refractivity contribution >= 4 is 0 Å². The van der Waals surface area contributed by atoms with Crippen LogP contribution in [0, 0.1) is 11.9 Å². The maximum Gasteiger partial charge on any atom is 0.435 e. The predicted octanol–water partition coefficient (Wildman–Crippen LogP) is 5.96. The highest BCUT2D eigenvalue weighted by molar-refractivity contribution is 5.34. The van der Waals surface area contributed by atoms with E-state index in [1.54, 1.807) is 18.2 Å². The monoisotopic (exact) mass is 354 g/mol. The van der Waals surface area contributed by atoms with E-state index in [0.717, 1.165) is 16.7 Å². The second-order valence-corrected chi connectivity index (χ2v) is 6.53. The molecule has 0 bridgehead atoms. The lowest BCUT2D eigenvalue weighted by Gasteiger charge is -2.11. The van der Waals surface area contributed by atoms with Crippen LogP contribution in [0.25, 0.3) is 5.69 Å². The molecule has 0 spiro atoms. The Hall–Kier alpha value is -2.11. The van der Waals surface area contributed by atoms with Crippen molar-refractivity contribution in [2.45, 2.75) is 46.2 Å². The van der Waals surface area contributed by atoms with Gasteiger partial charge in [-0.2, -0.15) is 22.7 Å². The van der Waals surface area contributed by atoms with Gasteiger partial charge in [0, 0.05) is 5.56 Å². The van der Waals surface area contributed by atoms with Crippen LogP contribution < -0.4 is 0 Å². The molecule has 0 saturated carbocycles. The second-order valence-electron chi connectivity index (χ2n) is 6.53. The first-order valence-corrected chi connectivity index (χ1v) is 8.23. The molecular formula is C19H22F4N2. The molecule has 0 aliphatic carbocycles. The van der Waals surface area contributed by atoms with Crippen molar-refractivity contribution in [3.63, 3.8) is 0 Å². The van der Waals surface area contributed by atoms with E-state index in [9.17, 15) is 17.6 Å². The molecule has 0 saturated heterocycles. The van der Waals surface area contributed by atoms with Crippen molar-refractivity contribution in [2.75, 3.05) is 0 Å². The van der Waals surface area contributed by atoms with Crippen LogP contribution in [0.1, 0.15) is 44.9 Å². The number of halogens is 4. The molecule has 1 atom stereocenters. The Morgan fingerprint density at radius 3 is 2.40 bits per heavy atom. The lowest BCUT2D eigenvalue weighted by Crippen LogP contribution is -2.11. The molecule has 0 aliphatic heterocycles. The van der Waals surface area contributed by atoms with Crippen molar-refractivity contribution in [1.29, 1.82) is 0 Å². The summed E-state index contributed by atoms with van der Waals surface area (Å²) in [5.74, 6) is -1.02. The molecule has 2 aromatic rings. The molecule has 1 heterocycles. The van der Waals surface area contributed by atoms with Crippen molar-refractivity contribution in [3.8, 4) is 5.69 Å². The molecule has 6 heteroatoms. The number of alkyl halides is 3. The van der Waals surface area contributed by atoms with Crippen LogP contribution in [-0.2, 0) is 12.6 Å². The molecule has 0 N–H and O–H groups in total. The van der Waals surface area contributed by atoms with Gasteiger partial charge < -0.3 is 0 Å². The van der Waals surface area contributed by atoms with Crippen LogP contribution >= 0.6 is 0 Å². The molecule has 136 valence electrons. The first-order chi connectivity index (χ1) is 11.7. The van der Waals surface area contributed by atoms with E-state index in [1.165, 1.54) is 12.1 Å². The number of nitrogens with zero attached hydrogens (tertiary/aromatic N) is 2. The Bertz CT molecular complexity index is 726. The smallest absolute Gasteiger partial charge is 0.206 e. The van der Waals surface area contributed by atoms with Gasteiger partial charge in [0.1, 0.15) is 0 Å². The summed E-state index contributed by atoms with van der Waals surface area (Å²) in [6.45, 7) is 5.77. The minimum Gasteiger partial charge on any atom is -0.206 e. The molecule has 0 amide bonds. The fourth-order valence-electron chi connectivity index (χ4n) is 2.69. The van der Waals surface area contributed by atoms with Crippen LogP contribution in [0.4, 0.5) is 17.6 Å². The largest absolute Gasteiger partial charge is 0.435 e. The minimum absolute atomic E-state index is 0.00408. The van der Waals surface area contributed by atoms with Gasteiger partial charge in [0.25, 0.3) is 0 Å². The molecule has 1 aromatic heterocycles. The summed E-state index contributed by atoms with van der Waals surface area (Å²) in [6.07, 6.45) is -1.19. The number of benzene rings is 1. The molecular weight excluding hydrogens is 332 g/mol. The van der Waals surface area contributed by atoms with Gasteiger partial charge >= 0.3 is 6.18 Å². The number of para-hydroxylation sites is 1. The molecule has 2 nitrogen and oxygen atoms in total. The number of aromatic nitrogens is 2. The Balaban J connectivity index is 2.32. The van der Waals surface area contributed by atoms with Crippen LogP contribution in [-0.4, -0.2) is 9.78 Å². The lowest BCUT2D eigenvalue weighted by molar-refractivity contribution is -0.142. The fraction of sp³-hybridized carbons (Fsp3) is 0.421. The van der Waals surface area contributed by atoms with Gasteiger partial charge in [-0.05, 0) is 51.2 Å². The third-order valence-electron chi connectivity index (χ3n) is 3.95. The second kappa shape index (κ2) is 7.85. The Morgan fingerprint density at radius 1 is 1.20 bits per heavy atom. The Morgan fingerprint density at radius 2 is 1.84 bits per heavy atom. The first-order valence-electron chi connectivity index (χ1n) is 8.23. The van der Waals surface area contributed by atoms with E-state index in [2.05, 4.69) is 5.10 Å². The molecule has 2 rings (SSSR count). The Kier molecular flexibility index (Phi) is 6.03. The highest BCUT2D eigenvalue weighted by atomic mass is 19.4. The van der Waals surface area contributed by atoms with Gasteiger partial charge in [-0.1, -0.05) is 36.8 Å². The van der Waals surface area contributed by atoms with Crippen molar-refractivity contribution in [1.82, 2.24) is 9.78 Å². The molecule has 0 fully saturated rings. The summed E-state index contributed by atoms with van der Waals surface area (Å²) < 4.78 is 55.4. The standard InChI is InChI=1S/C19H22F4N2/c1-13(2)8-7-9-14(3)12-16-17(19(21,22)23)24-25(18(16)20)15-10-5-4-6-11-15/h4-6,8,10-11,14H,7,9,12H2,1-3H3. The van der Waals surface area contributed by atoms with Crippen molar-refractivity contribution < 1.29 is 17.6 Å². The Labute approximate surface area is 145 Å². The lowest BCUT2D eigenvalue weighted by atomic mass is 9.96. The molecule has 1 aromatic carbocycles. The molecule has 0 aliphatic rings. The summed E-state index contributed by atoms with van der Waals surface area (Å²) in [7, 11) is 0. The third-order valence-corrected chi connectivity index (χ3v) is 3.95. The van der Waals surface area contributed by atoms with Crippen molar-refractivity contribution in [3.05, 3.63) is 59.2 Å². The normalized spacial score (nSPS) is 12.9. The summed E-state index contributed by atoms with van der Waals surface area (Å²) in [6, 6.07) is 8.02. The fourth-order valence-corrected chi connectivity index (χ4v) is 2.69. The average molecular weight is 354 g/mol. The minimum atomic E-state index is -4.68. The zero-order chi connectivity index (χ0) is 18.6. The summed E-state index contributed by atoms with van der Waals surface area (Å²) in [5, 5.41) is 3.52. The molecule has 1 unspecified atom stereocenters. The number of allylic oxidation sites excluding steroid dienone is 2. The quantitative estimate of drug-likeness (QED) is 0.463. The SMILES string of the molecule is CC(C)=CCCC(C)Cc1c(C(F)(F)F)nn(-c2ccccc2)c1F. The first kappa shape index (κ1) is 19.2. The van der Waals surface area contributed by atoms with Gasteiger partial charge in [0.05, 0.1) is 5.69 Å². The van der Waals surface area contributed by atoms with E-state index >= 15 is 0 Å². The van der Waals surface area contributed by atoms with Gasteiger partial charge in [-0.25, -0.2) is 4.68 Å². The summed E-state index contributed by atoms with van der Waals surface area (Å²) in [4.78, 5) is 0. The zero-order valence-corrected chi connectivity index (χ0v) is 14.6. The van der Waals surface area contributed by atoms with E-state index in [-0.39, 0.29) is 23.6 Å². The van der Waals surface area contributed by atoms with Crippen LogP contribution in [0.5, 0.6) is 0 Å². The number of rotatable bonds is 6. The maximum atomic E-state index is 14.7. The predicted molar refractivity (Wildman–Crippen MR) is 90.1 cm³/mol. The molecule has 25 heavy (non-hydrogen) atoms. The van der Waals surface area contributed by atoms with Crippen LogP contribution in [0.15, 0.2) is 42.0 Å². The summed E-state index contributed by atoms with van der Waals surface area (Å²) in [5.41, 5.74) is -0.0656.